The van der Waals surface area contributed by atoms with Crippen LogP contribution in [0.15, 0.2) is 24.3 Å². The van der Waals surface area contributed by atoms with Gasteiger partial charge in [-0.3, -0.25) is 0 Å². The van der Waals surface area contributed by atoms with Crippen LogP contribution in [0.25, 0.3) is 0 Å². The third-order valence-electron chi connectivity index (χ3n) is 2.73. The Bertz CT molecular complexity index is 429. The van der Waals surface area contributed by atoms with Gasteiger partial charge in [0.2, 0.25) is 0 Å². The standard InChI is InChI=1S/C10H9O4P/c11-10(12)9-7-4-2-1-3-6(7)5-8(9)15(13)14/h1-4,8-9H,5H2,(H,11,12)/p-1. The van der Waals surface area contributed by atoms with E-state index in [1.807, 2.05) is 0 Å². The molecular formula is C10H8O4P-. The average Bonchev–Trinajstić information content (AvgIpc) is 2.56. The van der Waals surface area contributed by atoms with Gasteiger partial charge < -0.3 is 14.8 Å². The van der Waals surface area contributed by atoms with E-state index in [4.69, 9.17) is 0 Å². The van der Waals surface area contributed by atoms with Gasteiger partial charge in [-0.05, 0) is 11.1 Å². The number of carbonyl (C=O) groups is 1. The number of hydrogen-bond donors (Lipinski definition) is 0. The van der Waals surface area contributed by atoms with Crippen LogP contribution in [0.4, 0.5) is 0 Å². The van der Waals surface area contributed by atoms with Crippen molar-refractivity contribution < 1.29 is 19.4 Å². The van der Waals surface area contributed by atoms with Gasteiger partial charge in [-0.2, -0.15) is 0 Å². The number of carboxylic acids is 1. The first kappa shape index (κ1) is 10.3. The Kier molecular flexibility index (Phi) is 2.55. The second kappa shape index (κ2) is 3.72. The zero-order valence-electron chi connectivity index (χ0n) is 7.75. The Morgan fingerprint density at radius 1 is 1.40 bits per heavy atom. The van der Waals surface area contributed by atoms with Crippen LogP contribution < -0.4 is 10.00 Å². The first-order chi connectivity index (χ1) is 7.11. The molecular weight excluding hydrogens is 215 g/mol. The number of aliphatic carboxylic acids is 1. The molecule has 0 amide bonds. The summed E-state index contributed by atoms with van der Waals surface area (Å²) in [6.45, 7) is 0. The maximum Gasteiger partial charge on any atom is 0.313 e. The molecule has 0 bridgehead atoms. The van der Waals surface area contributed by atoms with Crippen LogP contribution in [0.5, 0.6) is 0 Å². The predicted octanol–water partition coefficient (Wildman–Crippen LogP) is -0.453. The van der Waals surface area contributed by atoms with Gasteiger partial charge in [-0.25, -0.2) is 0 Å². The van der Waals surface area contributed by atoms with Gasteiger partial charge in [0.15, 0.2) is 5.66 Å². The molecule has 0 saturated carbocycles. The molecule has 0 aliphatic heterocycles. The highest BCUT2D eigenvalue weighted by Gasteiger charge is 2.41. The van der Waals surface area contributed by atoms with E-state index in [9.17, 15) is 19.4 Å². The molecule has 2 rings (SSSR count). The zero-order valence-corrected chi connectivity index (χ0v) is 8.65. The summed E-state index contributed by atoms with van der Waals surface area (Å²) in [5, 5.41) is 10.9. The topological polar surface area (TPSA) is 80.3 Å². The molecule has 0 N–H and O–H groups in total. The van der Waals surface area contributed by atoms with Crippen LogP contribution in [-0.2, 0) is 15.8 Å². The van der Waals surface area contributed by atoms with Gasteiger partial charge in [0, 0.05) is 6.42 Å². The fourth-order valence-corrected chi connectivity index (χ4v) is 2.93. The lowest BCUT2D eigenvalue weighted by Gasteiger charge is -2.14. The summed E-state index contributed by atoms with van der Waals surface area (Å²) in [6, 6.07) is 6.87. The van der Waals surface area contributed by atoms with E-state index in [-0.39, 0.29) is 6.42 Å². The predicted molar refractivity (Wildman–Crippen MR) is 49.3 cm³/mol. The van der Waals surface area contributed by atoms with Crippen LogP contribution in [0.2, 0.25) is 0 Å². The first-order valence-electron chi connectivity index (χ1n) is 4.53. The normalized spacial score (nSPS) is 24.7. The zero-order chi connectivity index (χ0) is 11.0. The van der Waals surface area contributed by atoms with Crippen molar-refractivity contribution in [1.82, 2.24) is 0 Å². The maximum absolute atomic E-state index is 10.9. The summed E-state index contributed by atoms with van der Waals surface area (Å²) in [7, 11) is -2.74. The van der Waals surface area contributed by atoms with Crippen molar-refractivity contribution >= 4 is 14.0 Å². The molecule has 3 unspecified atom stereocenters. The summed E-state index contributed by atoms with van der Waals surface area (Å²) < 4.78 is 10.9. The summed E-state index contributed by atoms with van der Waals surface area (Å²) in [4.78, 5) is 21.8. The number of benzene rings is 1. The van der Waals surface area contributed by atoms with E-state index < -0.39 is 25.6 Å². The van der Waals surface area contributed by atoms with Crippen molar-refractivity contribution in [2.24, 2.45) is 0 Å². The minimum Gasteiger partial charge on any atom is -0.595 e. The highest BCUT2D eigenvalue weighted by atomic mass is 31.1. The highest BCUT2D eigenvalue weighted by Crippen LogP contribution is 2.42. The molecule has 0 heterocycles. The van der Waals surface area contributed by atoms with Crippen molar-refractivity contribution in [3.05, 3.63) is 35.4 Å². The van der Waals surface area contributed by atoms with Crippen LogP contribution >= 0.6 is 8.03 Å². The second-order valence-corrected chi connectivity index (χ2v) is 4.79. The molecule has 0 spiro atoms. The molecule has 1 aromatic carbocycles. The Labute approximate surface area is 87.4 Å². The van der Waals surface area contributed by atoms with E-state index in [0.29, 0.717) is 5.56 Å². The van der Waals surface area contributed by atoms with E-state index in [2.05, 4.69) is 0 Å². The second-order valence-electron chi connectivity index (χ2n) is 3.55. The molecule has 3 atom stereocenters. The number of carbonyl (C=O) groups excluding carboxylic acids is 1. The molecule has 1 aromatic rings. The lowest BCUT2D eigenvalue weighted by molar-refractivity contribution is -0.308. The van der Waals surface area contributed by atoms with Crippen molar-refractivity contribution in [3.63, 3.8) is 0 Å². The quantitative estimate of drug-likeness (QED) is 0.636. The van der Waals surface area contributed by atoms with Crippen LogP contribution in [0.1, 0.15) is 17.0 Å². The van der Waals surface area contributed by atoms with Gasteiger partial charge in [0.05, 0.1) is 11.9 Å². The Morgan fingerprint density at radius 3 is 2.67 bits per heavy atom. The number of carboxylic acid groups (broad SMARTS) is 1. The molecule has 15 heavy (non-hydrogen) atoms. The van der Waals surface area contributed by atoms with Crippen LogP contribution in [0, 0.1) is 0 Å². The van der Waals surface area contributed by atoms with E-state index in [0.717, 1.165) is 5.56 Å². The average molecular weight is 223 g/mol. The van der Waals surface area contributed by atoms with Gasteiger partial charge in [-0.1, -0.05) is 28.8 Å². The Balaban J connectivity index is 2.46. The molecule has 1 aliphatic rings. The van der Waals surface area contributed by atoms with Crippen molar-refractivity contribution in [2.75, 3.05) is 0 Å². The van der Waals surface area contributed by atoms with E-state index in [1.54, 1.807) is 24.3 Å². The SMILES string of the molecule is O=C([O-])C1c2ccccc2CC1[P+](=O)[O-]. The van der Waals surface area contributed by atoms with Crippen molar-refractivity contribution in [3.8, 4) is 0 Å². The molecule has 0 fully saturated rings. The molecule has 0 radical (unpaired) electrons. The van der Waals surface area contributed by atoms with Crippen molar-refractivity contribution in [2.45, 2.75) is 18.0 Å². The van der Waals surface area contributed by atoms with E-state index in [1.165, 1.54) is 0 Å². The summed E-state index contributed by atoms with van der Waals surface area (Å²) in [6.07, 6.45) is 0.271. The molecule has 4 nitrogen and oxygen atoms in total. The number of rotatable bonds is 2. The Morgan fingerprint density at radius 2 is 2.07 bits per heavy atom. The first-order valence-corrected chi connectivity index (χ1v) is 5.78. The lowest BCUT2D eigenvalue weighted by Crippen LogP contribution is -2.34. The van der Waals surface area contributed by atoms with E-state index >= 15 is 0 Å². The van der Waals surface area contributed by atoms with Gasteiger partial charge in [0.25, 0.3) is 0 Å². The summed E-state index contributed by atoms with van der Waals surface area (Å²) in [5.41, 5.74) is 0.500. The third kappa shape index (κ3) is 1.66. The molecule has 1 aliphatic carbocycles. The minimum absolute atomic E-state index is 0.271. The highest BCUT2D eigenvalue weighted by molar-refractivity contribution is 7.37. The largest absolute Gasteiger partial charge is 0.595 e. The van der Waals surface area contributed by atoms with Crippen molar-refractivity contribution in [1.29, 1.82) is 0 Å². The smallest absolute Gasteiger partial charge is 0.313 e. The van der Waals surface area contributed by atoms with Gasteiger partial charge >= 0.3 is 8.03 Å². The fraction of sp³-hybridized carbons (Fsp3) is 0.300. The van der Waals surface area contributed by atoms with Gasteiger partial charge in [0.1, 0.15) is 0 Å². The molecule has 0 aromatic heterocycles. The maximum atomic E-state index is 10.9. The number of fused-ring (bicyclic) bond motifs is 1. The summed E-state index contributed by atoms with van der Waals surface area (Å²) >= 11 is 0. The lowest BCUT2D eigenvalue weighted by atomic mass is 10.0. The summed E-state index contributed by atoms with van der Waals surface area (Å²) in [5.74, 6) is -2.33. The third-order valence-corrected chi connectivity index (χ3v) is 3.75. The van der Waals surface area contributed by atoms with Gasteiger partial charge in [-0.15, -0.1) is 0 Å². The minimum atomic E-state index is -2.74. The monoisotopic (exact) mass is 223 g/mol. The van der Waals surface area contributed by atoms with Crippen LogP contribution in [-0.4, -0.2) is 11.6 Å². The molecule has 78 valence electrons. The molecule has 5 heteroatoms. The Hall–Kier alpha value is -1.25. The van der Waals surface area contributed by atoms with Crippen LogP contribution in [0.3, 0.4) is 0 Å². The number of hydrogen-bond acceptors (Lipinski definition) is 4. The fourth-order valence-electron chi connectivity index (χ4n) is 2.05. The molecule has 0 saturated heterocycles.